The second kappa shape index (κ2) is 7.62. The molecule has 0 radical (unpaired) electrons. The van der Waals surface area contributed by atoms with Gasteiger partial charge in [-0.25, -0.2) is 0 Å². The molecule has 5 nitrogen and oxygen atoms in total. The summed E-state index contributed by atoms with van der Waals surface area (Å²) >= 11 is 0. The molecular weight excluding hydrogens is 326 g/mol. The van der Waals surface area contributed by atoms with Crippen molar-refractivity contribution in [1.82, 2.24) is 14.8 Å². The van der Waals surface area contributed by atoms with Gasteiger partial charge >= 0.3 is 0 Å². The Bertz CT molecular complexity index is 915. The first-order valence-corrected chi connectivity index (χ1v) is 8.65. The number of likely N-dealkylation sites (N-methyl/N-ethyl adjacent to an activating group) is 1. The first kappa shape index (κ1) is 18.0. The summed E-state index contributed by atoms with van der Waals surface area (Å²) in [5.74, 6) is 0.746. The van der Waals surface area contributed by atoms with Crippen LogP contribution in [-0.4, -0.2) is 43.1 Å². The molecule has 0 aliphatic carbocycles. The van der Waals surface area contributed by atoms with Crippen LogP contribution in [0.1, 0.15) is 22.1 Å². The number of ether oxygens (including phenoxy) is 1. The number of nitrogens with zero attached hydrogens (tertiary/aromatic N) is 2. The lowest BCUT2D eigenvalue weighted by Gasteiger charge is -2.26. The van der Waals surface area contributed by atoms with E-state index in [2.05, 4.69) is 10.2 Å². The van der Waals surface area contributed by atoms with E-state index in [1.807, 2.05) is 80.3 Å². The first-order valence-electron chi connectivity index (χ1n) is 8.65. The fourth-order valence-corrected chi connectivity index (χ4v) is 3.30. The van der Waals surface area contributed by atoms with Gasteiger partial charge in [-0.15, -0.1) is 0 Å². The molecule has 0 fully saturated rings. The van der Waals surface area contributed by atoms with Crippen molar-refractivity contribution in [2.45, 2.75) is 6.04 Å². The Balaban J connectivity index is 1.80. The van der Waals surface area contributed by atoms with E-state index in [0.717, 1.165) is 22.2 Å². The van der Waals surface area contributed by atoms with E-state index in [-0.39, 0.29) is 11.9 Å². The van der Waals surface area contributed by atoms with E-state index in [0.29, 0.717) is 12.2 Å². The van der Waals surface area contributed by atoms with Crippen molar-refractivity contribution in [1.29, 1.82) is 0 Å². The summed E-state index contributed by atoms with van der Waals surface area (Å²) in [6, 6.07) is 17.9. The Morgan fingerprint density at radius 1 is 1.15 bits per heavy atom. The van der Waals surface area contributed by atoms with Crippen molar-refractivity contribution in [3.05, 3.63) is 65.9 Å². The van der Waals surface area contributed by atoms with Crippen LogP contribution in [0.3, 0.4) is 0 Å². The fraction of sp³-hybridized carbons (Fsp3) is 0.286. The molecule has 0 bridgehead atoms. The van der Waals surface area contributed by atoms with Gasteiger partial charge in [0.25, 0.3) is 5.91 Å². The van der Waals surface area contributed by atoms with E-state index >= 15 is 0 Å². The smallest absolute Gasteiger partial charge is 0.267 e. The number of hydrogen-bond acceptors (Lipinski definition) is 3. The molecule has 1 amide bonds. The zero-order valence-corrected chi connectivity index (χ0v) is 15.7. The molecule has 1 aromatic heterocycles. The third-order valence-electron chi connectivity index (χ3n) is 4.76. The fourth-order valence-electron chi connectivity index (χ4n) is 3.30. The molecule has 0 aliphatic heterocycles. The summed E-state index contributed by atoms with van der Waals surface area (Å²) < 4.78 is 7.41. The summed E-state index contributed by atoms with van der Waals surface area (Å²) in [6.45, 7) is 0.494. The van der Waals surface area contributed by atoms with Gasteiger partial charge in [0.15, 0.2) is 0 Å². The van der Waals surface area contributed by atoms with Crippen LogP contribution in [0.4, 0.5) is 0 Å². The lowest BCUT2D eigenvalue weighted by atomic mass is 10.0. The number of para-hydroxylation sites is 2. The summed E-state index contributed by atoms with van der Waals surface area (Å²) in [4.78, 5) is 14.8. The molecule has 136 valence electrons. The molecule has 0 aliphatic rings. The van der Waals surface area contributed by atoms with Gasteiger partial charge in [0.1, 0.15) is 11.4 Å². The average Bonchev–Trinajstić information content (AvgIpc) is 2.99. The predicted molar refractivity (Wildman–Crippen MR) is 105 cm³/mol. The van der Waals surface area contributed by atoms with Crippen LogP contribution in [0.15, 0.2) is 54.6 Å². The lowest BCUT2D eigenvalue weighted by molar-refractivity contribution is 0.0933. The Labute approximate surface area is 154 Å². The van der Waals surface area contributed by atoms with E-state index in [9.17, 15) is 4.79 Å². The number of methoxy groups -OCH3 is 1. The number of aromatic nitrogens is 1. The number of fused-ring (bicyclic) bond motifs is 1. The second-order valence-electron chi connectivity index (χ2n) is 6.58. The number of rotatable bonds is 6. The molecule has 0 spiro atoms. The molecule has 3 rings (SSSR count). The van der Waals surface area contributed by atoms with Gasteiger partial charge in [-0.2, -0.15) is 0 Å². The number of carbonyl (C=O) groups is 1. The SMILES string of the molecule is COc1ccccc1C(CNC(=O)c1cc2ccccc2n1C)N(C)C. The maximum absolute atomic E-state index is 12.8. The Hall–Kier alpha value is -2.79. The van der Waals surface area contributed by atoms with Crippen molar-refractivity contribution in [2.24, 2.45) is 7.05 Å². The normalized spacial score (nSPS) is 12.3. The molecule has 3 aromatic rings. The van der Waals surface area contributed by atoms with E-state index in [1.165, 1.54) is 0 Å². The van der Waals surface area contributed by atoms with Gasteiger partial charge in [0.05, 0.1) is 13.2 Å². The van der Waals surface area contributed by atoms with Gasteiger partial charge in [-0.1, -0.05) is 36.4 Å². The second-order valence-corrected chi connectivity index (χ2v) is 6.58. The molecule has 1 atom stereocenters. The van der Waals surface area contributed by atoms with Crippen LogP contribution in [0, 0.1) is 0 Å². The molecule has 5 heteroatoms. The van der Waals surface area contributed by atoms with Gasteiger partial charge in [0.2, 0.25) is 0 Å². The minimum absolute atomic E-state index is 0.0183. The highest BCUT2D eigenvalue weighted by Crippen LogP contribution is 2.27. The van der Waals surface area contributed by atoms with Crippen molar-refractivity contribution >= 4 is 16.8 Å². The highest BCUT2D eigenvalue weighted by Gasteiger charge is 2.20. The van der Waals surface area contributed by atoms with Crippen molar-refractivity contribution in [3.8, 4) is 5.75 Å². The molecule has 26 heavy (non-hydrogen) atoms. The summed E-state index contributed by atoms with van der Waals surface area (Å²) in [5, 5.41) is 4.14. The van der Waals surface area contributed by atoms with Gasteiger partial charge in [0, 0.05) is 30.1 Å². The zero-order valence-electron chi connectivity index (χ0n) is 15.7. The number of aryl methyl sites for hydroxylation is 1. The van der Waals surface area contributed by atoms with Gasteiger partial charge in [-0.05, 0) is 32.3 Å². The van der Waals surface area contributed by atoms with E-state index in [4.69, 9.17) is 4.74 Å². The van der Waals surface area contributed by atoms with Crippen LogP contribution in [0.2, 0.25) is 0 Å². The number of amides is 1. The highest BCUT2D eigenvalue weighted by atomic mass is 16.5. The highest BCUT2D eigenvalue weighted by molar-refractivity contribution is 5.98. The van der Waals surface area contributed by atoms with E-state index in [1.54, 1.807) is 7.11 Å². The Kier molecular flexibility index (Phi) is 5.28. The topological polar surface area (TPSA) is 46.5 Å². The van der Waals surface area contributed by atoms with Crippen molar-refractivity contribution in [3.63, 3.8) is 0 Å². The van der Waals surface area contributed by atoms with E-state index < -0.39 is 0 Å². The summed E-state index contributed by atoms with van der Waals surface area (Å²) in [6.07, 6.45) is 0. The number of carbonyl (C=O) groups excluding carboxylic acids is 1. The van der Waals surface area contributed by atoms with Gasteiger partial charge in [-0.3, -0.25) is 4.79 Å². The maximum Gasteiger partial charge on any atom is 0.267 e. The third kappa shape index (κ3) is 3.44. The van der Waals surface area contributed by atoms with Crippen molar-refractivity contribution in [2.75, 3.05) is 27.7 Å². The molecule has 0 saturated heterocycles. The van der Waals surface area contributed by atoms with Crippen LogP contribution < -0.4 is 10.1 Å². The summed E-state index contributed by atoms with van der Waals surface area (Å²) in [5.41, 5.74) is 2.76. The lowest BCUT2D eigenvalue weighted by Crippen LogP contribution is -2.35. The maximum atomic E-state index is 12.8. The molecule has 0 saturated carbocycles. The predicted octanol–water partition coefficient (Wildman–Crippen LogP) is 3.22. The largest absolute Gasteiger partial charge is 0.496 e. The third-order valence-corrected chi connectivity index (χ3v) is 4.76. The minimum Gasteiger partial charge on any atom is -0.496 e. The van der Waals surface area contributed by atoms with Crippen LogP contribution in [0.25, 0.3) is 10.9 Å². The van der Waals surface area contributed by atoms with Crippen LogP contribution in [-0.2, 0) is 7.05 Å². The number of benzene rings is 2. The average molecular weight is 351 g/mol. The Morgan fingerprint density at radius 3 is 2.54 bits per heavy atom. The quantitative estimate of drug-likeness (QED) is 0.742. The first-order chi connectivity index (χ1) is 12.5. The molecule has 1 heterocycles. The molecular formula is C21H25N3O2. The van der Waals surface area contributed by atoms with Gasteiger partial charge < -0.3 is 19.5 Å². The minimum atomic E-state index is -0.0783. The Morgan fingerprint density at radius 2 is 1.85 bits per heavy atom. The van der Waals surface area contributed by atoms with Crippen LogP contribution >= 0.6 is 0 Å². The monoisotopic (exact) mass is 351 g/mol. The zero-order chi connectivity index (χ0) is 18.7. The number of hydrogen-bond donors (Lipinski definition) is 1. The molecule has 1 N–H and O–H groups in total. The summed E-state index contributed by atoms with van der Waals surface area (Å²) in [7, 11) is 7.58. The van der Waals surface area contributed by atoms with Crippen molar-refractivity contribution < 1.29 is 9.53 Å². The molecule has 1 unspecified atom stereocenters. The standard InChI is InChI=1S/C21H25N3O2/c1-23(2)19(16-10-6-8-12-20(16)26-4)14-22-21(25)18-13-15-9-5-7-11-17(15)24(18)3/h5-13,19H,14H2,1-4H3,(H,22,25). The molecule has 2 aromatic carbocycles. The van der Waals surface area contributed by atoms with Crippen LogP contribution in [0.5, 0.6) is 5.75 Å². The number of nitrogens with one attached hydrogen (secondary N) is 1.